The number of hydrogen-bond acceptors (Lipinski definition) is 3. The number of methoxy groups -OCH3 is 1. The zero-order chi connectivity index (χ0) is 12.3. The molecule has 1 aliphatic rings. The summed E-state index contributed by atoms with van der Waals surface area (Å²) in [5.74, 6) is 0. The minimum absolute atomic E-state index is 0.527. The van der Waals surface area contributed by atoms with Crippen LogP contribution in [0.5, 0.6) is 0 Å². The van der Waals surface area contributed by atoms with E-state index in [2.05, 4.69) is 24.0 Å². The molecular weight excluding hydrogens is 212 g/mol. The molecule has 17 heavy (non-hydrogen) atoms. The van der Waals surface area contributed by atoms with Gasteiger partial charge in [0, 0.05) is 31.9 Å². The fourth-order valence-electron chi connectivity index (χ4n) is 2.60. The molecule has 2 N–H and O–H groups in total. The highest BCUT2D eigenvalue weighted by Gasteiger charge is 2.25. The second-order valence-corrected chi connectivity index (χ2v) is 4.83. The Hall–Kier alpha value is -1.06. The summed E-state index contributed by atoms with van der Waals surface area (Å²) in [6.45, 7) is 5.08. The molecule has 0 bridgehead atoms. The lowest BCUT2D eigenvalue weighted by molar-refractivity contribution is 0.0827. The Morgan fingerprint density at radius 1 is 1.35 bits per heavy atom. The number of ether oxygens (including phenoxy) is 1. The SMILES string of the molecule is CCCC(COC)N1Cc2ccc(N)cc2C1. The maximum atomic E-state index is 5.83. The van der Waals surface area contributed by atoms with Crippen LogP contribution in [-0.4, -0.2) is 24.7 Å². The van der Waals surface area contributed by atoms with E-state index in [1.807, 2.05) is 6.07 Å². The van der Waals surface area contributed by atoms with Crippen LogP contribution < -0.4 is 5.73 Å². The van der Waals surface area contributed by atoms with Gasteiger partial charge in [0.25, 0.3) is 0 Å². The molecule has 1 aromatic rings. The van der Waals surface area contributed by atoms with Gasteiger partial charge in [0.05, 0.1) is 6.61 Å². The fraction of sp³-hybridized carbons (Fsp3) is 0.571. The van der Waals surface area contributed by atoms with E-state index in [1.165, 1.54) is 24.0 Å². The van der Waals surface area contributed by atoms with Crippen LogP contribution in [0.2, 0.25) is 0 Å². The van der Waals surface area contributed by atoms with Crippen LogP contribution in [0.25, 0.3) is 0 Å². The number of hydrogen-bond donors (Lipinski definition) is 1. The van der Waals surface area contributed by atoms with Crippen molar-refractivity contribution in [2.24, 2.45) is 0 Å². The average molecular weight is 234 g/mol. The van der Waals surface area contributed by atoms with E-state index in [0.29, 0.717) is 6.04 Å². The third-order valence-electron chi connectivity index (χ3n) is 3.47. The number of anilines is 1. The molecule has 1 heterocycles. The Labute approximate surface area is 104 Å². The summed E-state index contributed by atoms with van der Waals surface area (Å²) in [4.78, 5) is 2.50. The van der Waals surface area contributed by atoms with Crippen molar-refractivity contribution in [3.05, 3.63) is 29.3 Å². The fourth-order valence-corrected chi connectivity index (χ4v) is 2.60. The molecule has 1 aromatic carbocycles. The first-order valence-corrected chi connectivity index (χ1v) is 6.34. The number of nitrogens with two attached hydrogens (primary N) is 1. The normalized spacial score (nSPS) is 17.1. The Balaban J connectivity index is 2.07. The zero-order valence-electron chi connectivity index (χ0n) is 10.8. The van der Waals surface area contributed by atoms with Gasteiger partial charge in [-0.05, 0) is 29.7 Å². The van der Waals surface area contributed by atoms with Crippen molar-refractivity contribution in [2.45, 2.75) is 38.9 Å². The maximum absolute atomic E-state index is 5.83. The first kappa shape index (κ1) is 12.4. The van der Waals surface area contributed by atoms with Crippen LogP contribution in [0, 0.1) is 0 Å². The third-order valence-corrected chi connectivity index (χ3v) is 3.47. The summed E-state index contributed by atoms with van der Waals surface area (Å²) in [5.41, 5.74) is 9.48. The monoisotopic (exact) mass is 234 g/mol. The minimum Gasteiger partial charge on any atom is -0.399 e. The molecule has 94 valence electrons. The van der Waals surface area contributed by atoms with E-state index < -0.39 is 0 Å². The molecule has 0 aromatic heterocycles. The Kier molecular flexibility index (Phi) is 4.02. The van der Waals surface area contributed by atoms with Gasteiger partial charge in [0.2, 0.25) is 0 Å². The second-order valence-electron chi connectivity index (χ2n) is 4.83. The molecule has 0 amide bonds. The Morgan fingerprint density at radius 2 is 2.12 bits per heavy atom. The highest BCUT2D eigenvalue weighted by Crippen LogP contribution is 2.27. The molecule has 0 saturated heterocycles. The Morgan fingerprint density at radius 3 is 2.82 bits per heavy atom. The average Bonchev–Trinajstić information content (AvgIpc) is 2.71. The van der Waals surface area contributed by atoms with Crippen molar-refractivity contribution in [2.75, 3.05) is 19.5 Å². The maximum Gasteiger partial charge on any atom is 0.0618 e. The number of rotatable bonds is 5. The molecule has 1 aliphatic heterocycles. The molecule has 1 unspecified atom stereocenters. The summed E-state index contributed by atoms with van der Waals surface area (Å²) in [6.07, 6.45) is 2.39. The second kappa shape index (κ2) is 5.52. The molecule has 0 radical (unpaired) electrons. The van der Waals surface area contributed by atoms with E-state index >= 15 is 0 Å². The highest BCUT2D eigenvalue weighted by atomic mass is 16.5. The van der Waals surface area contributed by atoms with E-state index in [1.54, 1.807) is 7.11 Å². The van der Waals surface area contributed by atoms with Crippen molar-refractivity contribution >= 4 is 5.69 Å². The third kappa shape index (κ3) is 2.79. The number of fused-ring (bicyclic) bond motifs is 1. The van der Waals surface area contributed by atoms with Crippen LogP contribution in [-0.2, 0) is 17.8 Å². The standard InChI is InChI=1S/C14H22N2O/c1-3-4-14(10-17-2)16-8-11-5-6-13(15)7-12(11)9-16/h5-7,14H,3-4,8-10,15H2,1-2H3. The largest absolute Gasteiger partial charge is 0.399 e. The summed E-state index contributed by atoms with van der Waals surface area (Å²) in [5, 5.41) is 0. The molecule has 0 fully saturated rings. The zero-order valence-corrected chi connectivity index (χ0v) is 10.8. The minimum atomic E-state index is 0.527. The van der Waals surface area contributed by atoms with E-state index in [9.17, 15) is 0 Å². The molecule has 3 heteroatoms. The van der Waals surface area contributed by atoms with Crippen molar-refractivity contribution in [1.82, 2.24) is 4.90 Å². The van der Waals surface area contributed by atoms with Crippen LogP contribution in [0.15, 0.2) is 18.2 Å². The van der Waals surface area contributed by atoms with E-state index in [4.69, 9.17) is 10.5 Å². The van der Waals surface area contributed by atoms with Gasteiger partial charge in [-0.2, -0.15) is 0 Å². The lowest BCUT2D eigenvalue weighted by atomic mass is 10.1. The van der Waals surface area contributed by atoms with Gasteiger partial charge >= 0.3 is 0 Å². The predicted molar refractivity (Wildman–Crippen MR) is 70.7 cm³/mol. The first-order chi connectivity index (χ1) is 8.24. The molecule has 0 spiro atoms. The topological polar surface area (TPSA) is 38.5 Å². The van der Waals surface area contributed by atoms with E-state index in [-0.39, 0.29) is 0 Å². The number of nitrogens with zero attached hydrogens (tertiary/aromatic N) is 1. The lowest BCUT2D eigenvalue weighted by Crippen LogP contribution is -2.34. The van der Waals surface area contributed by atoms with Crippen molar-refractivity contribution in [3.63, 3.8) is 0 Å². The van der Waals surface area contributed by atoms with Gasteiger partial charge in [-0.1, -0.05) is 19.4 Å². The summed E-state index contributed by atoms with van der Waals surface area (Å²) < 4.78 is 5.33. The predicted octanol–water partition coefficient (Wildman–Crippen LogP) is 2.40. The lowest BCUT2D eigenvalue weighted by Gasteiger charge is -2.26. The Bertz CT molecular complexity index is 372. The molecule has 3 nitrogen and oxygen atoms in total. The van der Waals surface area contributed by atoms with Gasteiger partial charge in [-0.15, -0.1) is 0 Å². The van der Waals surface area contributed by atoms with Gasteiger partial charge in [0.15, 0.2) is 0 Å². The molecule has 2 rings (SSSR count). The summed E-state index contributed by atoms with van der Waals surface area (Å²) in [6, 6.07) is 6.78. The summed E-state index contributed by atoms with van der Waals surface area (Å²) in [7, 11) is 1.78. The van der Waals surface area contributed by atoms with Gasteiger partial charge in [0.1, 0.15) is 0 Å². The van der Waals surface area contributed by atoms with Crippen LogP contribution in [0.1, 0.15) is 30.9 Å². The van der Waals surface area contributed by atoms with Crippen molar-refractivity contribution in [1.29, 1.82) is 0 Å². The van der Waals surface area contributed by atoms with Crippen molar-refractivity contribution in [3.8, 4) is 0 Å². The van der Waals surface area contributed by atoms with Crippen LogP contribution in [0.4, 0.5) is 5.69 Å². The van der Waals surface area contributed by atoms with Gasteiger partial charge in [-0.3, -0.25) is 4.90 Å². The number of benzene rings is 1. The van der Waals surface area contributed by atoms with Crippen LogP contribution in [0.3, 0.4) is 0 Å². The smallest absolute Gasteiger partial charge is 0.0618 e. The molecular formula is C14H22N2O. The van der Waals surface area contributed by atoms with Gasteiger partial charge < -0.3 is 10.5 Å². The molecule has 0 aliphatic carbocycles. The highest BCUT2D eigenvalue weighted by molar-refractivity contribution is 5.46. The van der Waals surface area contributed by atoms with Crippen molar-refractivity contribution < 1.29 is 4.74 Å². The van der Waals surface area contributed by atoms with Crippen LogP contribution >= 0.6 is 0 Å². The first-order valence-electron chi connectivity index (χ1n) is 6.34. The summed E-state index contributed by atoms with van der Waals surface area (Å²) >= 11 is 0. The van der Waals surface area contributed by atoms with E-state index in [0.717, 1.165) is 25.4 Å². The molecule has 1 atom stereocenters. The number of nitrogen functional groups attached to an aromatic ring is 1. The van der Waals surface area contributed by atoms with Gasteiger partial charge in [-0.25, -0.2) is 0 Å². The quantitative estimate of drug-likeness (QED) is 0.795. The molecule has 0 saturated carbocycles.